The third kappa shape index (κ3) is 3.69. The van der Waals surface area contributed by atoms with Crippen LogP contribution in [0.25, 0.3) is 0 Å². The Bertz CT molecular complexity index is 271. The highest BCUT2D eigenvalue weighted by Gasteiger charge is 2.32. The number of rotatable bonds is 6. The van der Waals surface area contributed by atoms with Gasteiger partial charge in [-0.15, -0.1) is 0 Å². The van der Waals surface area contributed by atoms with Gasteiger partial charge in [0.2, 0.25) is 5.91 Å². The van der Waals surface area contributed by atoms with E-state index < -0.39 is 0 Å². The molecule has 1 amide bonds. The second-order valence-corrected chi connectivity index (χ2v) is 5.69. The smallest absolute Gasteiger partial charge is 0.222 e. The minimum atomic E-state index is 0.295. The predicted molar refractivity (Wildman–Crippen MR) is 71.4 cm³/mol. The van der Waals surface area contributed by atoms with Crippen molar-refractivity contribution in [2.45, 2.75) is 51.2 Å². The standard InChI is InChI=1S/C14H26N2O2/c1-3-18-13-7-11(8-13)9-14(17)16(2)10-12-5-4-6-15-12/h11-13,15H,3-10H2,1-2H3. The molecule has 104 valence electrons. The maximum absolute atomic E-state index is 12.1. The summed E-state index contributed by atoms with van der Waals surface area (Å²) in [6.45, 7) is 4.78. The Kier molecular flexibility index (Phi) is 5.01. The third-order valence-corrected chi connectivity index (χ3v) is 4.14. The Hall–Kier alpha value is -0.610. The monoisotopic (exact) mass is 254 g/mol. The zero-order valence-electron chi connectivity index (χ0n) is 11.7. The quantitative estimate of drug-likeness (QED) is 0.779. The van der Waals surface area contributed by atoms with Crippen molar-refractivity contribution in [2.24, 2.45) is 5.92 Å². The van der Waals surface area contributed by atoms with Gasteiger partial charge in [0, 0.05) is 32.7 Å². The highest BCUT2D eigenvalue weighted by atomic mass is 16.5. The van der Waals surface area contributed by atoms with Gasteiger partial charge in [-0.1, -0.05) is 0 Å². The lowest BCUT2D eigenvalue weighted by atomic mass is 9.80. The Morgan fingerprint density at radius 3 is 2.83 bits per heavy atom. The summed E-state index contributed by atoms with van der Waals surface area (Å²) in [6, 6.07) is 0.511. The summed E-state index contributed by atoms with van der Waals surface area (Å²) < 4.78 is 5.52. The summed E-state index contributed by atoms with van der Waals surface area (Å²) >= 11 is 0. The van der Waals surface area contributed by atoms with Crippen molar-refractivity contribution >= 4 is 5.91 Å². The molecular weight excluding hydrogens is 228 g/mol. The molecule has 2 fully saturated rings. The zero-order chi connectivity index (χ0) is 13.0. The van der Waals surface area contributed by atoms with Crippen molar-refractivity contribution < 1.29 is 9.53 Å². The first kappa shape index (κ1) is 13.8. The lowest BCUT2D eigenvalue weighted by Gasteiger charge is -2.35. The molecule has 1 atom stereocenters. The number of hydrogen-bond acceptors (Lipinski definition) is 3. The van der Waals surface area contributed by atoms with Crippen molar-refractivity contribution in [1.29, 1.82) is 0 Å². The first-order chi connectivity index (χ1) is 8.69. The van der Waals surface area contributed by atoms with Crippen molar-refractivity contribution in [3.8, 4) is 0 Å². The van der Waals surface area contributed by atoms with Crippen molar-refractivity contribution in [2.75, 3.05) is 26.7 Å². The Morgan fingerprint density at radius 2 is 2.22 bits per heavy atom. The molecule has 1 unspecified atom stereocenters. The Labute approximate surface area is 110 Å². The van der Waals surface area contributed by atoms with Gasteiger partial charge in [-0.05, 0) is 45.1 Å². The number of nitrogens with zero attached hydrogens (tertiary/aromatic N) is 1. The molecule has 0 aromatic heterocycles. The van der Waals surface area contributed by atoms with E-state index in [9.17, 15) is 4.79 Å². The summed E-state index contributed by atoms with van der Waals surface area (Å²) in [5, 5.41) is 3.43. The molecule has 1 heterocycles. The minimum Gasteiger partial charge on any atom is -0.378 e. The number of nitrogens with one attached hydrogen (secondary N) is 1. The van der Waals surface area contributed by atoms with Crippen LogP contribution in [0, 0.1) is 5.92 Å². The molecular formula is C14H26N2O2. The fourth-order valence-electron chi connectivity index (χ4n) is 2.96. The fourth-order valence-corrected chi connectivity index (χ4v) is 2.96. The maximum atomic E-state index is 12.1. The van der Waals surface area contributed by atoms with Crippen molar-refractivity contribution in [3.05, 3.63) is 0 Å². The largest absolute Gasteiger partial charge is 0.378 e. The van der Waals surface area contributed by atoms with E-state index in [1.165, 1.54) is 12.8 Å². The molecule has 0 aromatic carbocycles. The second-order valence-electron chi connectivity index (χ2n) is 5.69. The lowest BCUT2D eigenvalue weighted by molar-refractivity contribution is -0.133. The molecule has 1 aliphatic heterocycles. The molecule has 0 spiro atoms. The highest BCUT2D eigenvalue weighted by molar-refractivity contribution is 5.76. The van der Waals surface area contributed by atoms with Gasteiger partial charge in [0.05, 0.1) is 6.10 Å². The van der Waals surface area contributed by atoms with Gasteiger partial charge in [0.15, 0.2) is 0 Å². The summed E-state index contributed by atoms with van der Waals surface area (Å²) in [6.07, 6.45) is 5.69. The molecule has 4 heteroatoms. The lowest BCUT2D eigenvalue weighted by Crippen LogP contribution is -2.41. The molecule has 2 aliphatic rings. The van der Waals surface area contributed by atoms with Crippen LogP contribution in [0.5, 0.6) is 0 Å². The summed E-state index contributed by atoms with van der Waals surface area (Å²) in [5.41, 5.74) is 0. The minimum absolute atomic E-state index is 0.295. The van der Waals surface area contributed by atoms with E-state index >= 15 is 0 Å². The molecule has 18 heavy (non-hydrogen) atoms. The Balaban J connectivity index is 1.62. The third-order valence-electron chi connectivity index (χ3n) is 4.14. The molecule has 1 saturated carbocycles. The van der Waals surface area contributed by atoms with Gasteiger partial charge in [-0.3, -0.25) is 4.79 Å². The molecule has 0 radical (unpaired) electrons. The van der Waals surface area contributed by atoms with Gasteiger partial charge in [0.25, 0.3) is 0 Å². The number of hydrogen-bond donors (Lipinski definition) is 1. The van der Waals surface area contributed by atoms with Crippen LogP contribution < -0.4 is 5.32 Å². The van der Waals surface area contributed by atoms with Gasteiger partial charge < -0.3 is 15.0 Å². The van der Waals surface area contributed by atoms with Crippen molar-refractivity contribution in [1.82, 2.24) is 10.2 Å². The van der Waals surface area contributed by atoms with E-state index in [1.807, 2.05) is 18.9 Å². The molecule has 2 rings (SSSR count). The van der Waals surface area contributed by atoms with Crippen LogP contribution in [-0.4, -0.2) is 49.7 Å². The average molecular weight is 254 g/mol. The first-order valence-electron chi connectivity index (χ1n) is 7.28. The van der Waals surface area contributed by atoms with Crippen LogP contribution in [0.3, 0.4) is 0 Å². The fraction of sp³-hybridized carbons (Fsp3) is 0.929. The second kappa shape index (κ2) is 6.53. The maximum Gasteiger partial charge on any atom is 0.222 e. The normalized spacial score (nSPS) is 31.1. The first-order valence-corrected chi connectivity index (χ1v) is 7.28. The Morgan fingerprint density at radius 1 is 1.44 bits per heavy atom. The summed E-state index contributed by atoms with van der Waals surface area (Å²) in [5.74, 6) is 0.844. The number of likely N-dealkylation sites (N-methyl/N-ethyl adjacent to an activating group) is 1. The van der Waals surface area contributed by atoms with Crippen molar-refractivity contribution in [3.63, 3.8) is 0 Å². The summed E-state index contributed by atoms with van der Waals surface area (Å²) in [4.78, 5) is 14.0. The molecule has 0 bridgehead atoms. The average Bonchev–Trinajstić information content (AvgIpc) is 2.78. The van der Waals surface area contributed by atoms with Crippen LogP contribution in [0.4, 0.5) is 0 Å². The molecule has 1 N–H and O–H groups in total. The predicted octanol–water partition coefficient (Wildman–Crippen LogP) is 1.40. The van der Waals surface area contributed by atoms with E-state index in [-0.39, 0.29) is 0 Å². The molecule has 4 nitrogen and oxygen atoms in total. The molecule has 1 saturated heterocycles. The number of amides is 1. The number of carbonyl (C=O) groups excluding carboxylic acids is 1. The van der Waals surface area contributed by atoms with E-state index in [4.69, 9.17) is 4.74 Å². The van der Waals surface area contributed by atoms with E-state index in [2.05, 4.69) is 5.32 Å². The van der Waals surface area contributed by atoms with Gasteiger partial charge >= 0.3 is 0 Å². The number of ether oxygens (including phenoxy) is 1. The highest BCUT2D eigenvalue weighted by Crippen LogP contribution is 2.33. The topological polar surface area (TPSA) is 41.6 Å². The van der Waals surface area contributed by atoms with Crippen LogP contribution in [0.1, 0.15) is 39.0 Å². The van der Waals surface area contributed by atoms with E-state index in [0.29, 0.717) is 30.4 Å². The van der Waals surface area contributed by atoms with Crippen LogP contribution in [0.15, 0.2) is 0 Å². The van der Waals surface area contributed by atoms with Gasteiger partial charge in [-0.25, -0.2) is 0 Å². The van der Waals surface area contributed by atoms with Crippen LogP contribution >= 0.6 is 0 Å². The van der Waals surface area contributed by atoms with Gasteiger partial charge in [0.1, 0.15) is 0 Å². The summed E-state index contributed by atoms with van der Waals surface area (Å²) in [7, 11) is 1.93. The SMILES string of the molecule is CCOC1CC(CC(=O)N(C)CC2CCCN2)C1. The van der Waals surface area contributed by atoms with E-state index in [1.54, 1.807) is 0 Å². The van der Waals surface area contributed by atoms with E-state index in [0.717, 1.165) is 32.5 Å². The number of carbonyl (C=O) groups is 1. The molecule has 1 aliphatic carbocycles. The van der Waals surface area contributed by atoms with Crippen LogP contribution in [0.2, 0.25) is 0 Å². The molecule has 0 aromatic rings. The zero-order valence-corrected chi connectivity index (χ0v) is 11.7. The van der Waals surface area contributed by atoms with Crippen LogP contribution in [-0.2, 0) is 9.53 Å². The van der Waals surface area contributed by atoms with Gasteiger partial charge in [-0.2, -0.15) is 0 Å².